The summed E-state index contributed by atoms with van der Waals surface area (Å²) in [7, 11) is 0. The van der Waals surface area contributed by atoms with E-state index in [1.165, 1.54) is 22.9 Å². The molecule has 2 nitrogen and oxygen atoms in total. The Morgan fingerprint density at radius 2 is 2.54 bits per heavy atom. The summed E-state index contributed by atoms with van der Waals surface area (Å²) in [5.41, 5.74) is 0.825. The fourth-order valence-corrected chi connectivity index (χ4v) is 3.69. The van der Waals surface area contributed by atoms with Gasteiger partial charge in [0.25, 0.3) is 0 Å². The molecule has 4 heteroatoms. The molecule has 1 aromatic rings. The summed E-state index contributed by atoms with van der Waals surface area (Å²) >= 11 is 3.72. The summed E-state index contributed by atoms with van der Waals surface area (Å²) in [6.07, 6.45) is 2.44. The van der Waals surface area contributed by atoms with Gasteiger partial charge in [0, 0.05) is 11.8 Å². The van der Waals surface area contributed by atoms with Crippen molar-refractivity contribution in [1.82, 2.24) is 4.98 Å². The van der Waals surface area contributed by atoms with Gasteiger partial charge in [-0.3, -0.25) is 0 Å². The standard InChI is InChI=1S/C9H13NOS2/c11-4-8-6-13-9(10-8)3-7-1-2-12-5-7/h6-7,11H,1-5H2. The molecule has 0 radical (unpaired) electrons. The Labute approximate surface area is 86.4 Å². The number of aliphatic hydroxyl groups is 1. The van der Waals surface area contributed by atoms with E-state index < -0.39 is 0 Å². The largest absolute Gasteiger partial charge is 0.390 e. The van der Waals surface area contributed by atoms with E-state index in [0.29, 0.717) is 0 Å². The predicted octanol–water partition coefficient (Wildman–Crippen LogP) is 1.93. The number of aliphatic hydroxyl groups excluding tert-OH is 1. The van der Waals surface area contributed by atoms with Crippen LogP contribution in [0.25, 0.3) is 0 Å². The topological polar surface area (TPSA) is 33.1 Å². The first-order valence-electron chi connectivity index (χ1n) is 4.50. The molecule has 1 N–H and O–H groups in total. The van der Waals surface area contributed by atoms with Crippen molar-refractivity contribution in [3.63, 3.8) is 0 Å². The lowest BCUT2D eigenvalue weighted by Gasteiger charge is -2.03. The van der Waals surface area contributed by atoms with E-state index in [4.69, 9.17) is 5.11 Å². The maximum absolute atomic E-state index is 8.85. The van der Waals surface area contributed by atoms with Crippen molar-refractivity contribution in [3.05, 3.63) is 16.1 Å². The second-order valence-electron chi connectivity index (χ2n) is 3.32. The minimum absolute atomic E-state index is 0.0793. The molecule has 1 unspecified atom stereocenters. The Kier molecular flexibility index (Phi) is 3.24. The molecule has 2 heterocycles. The van der Waals surface area contributed by atoms with E-state index >= 15 is 0 Å². The molecule has 1 aliphatic heterocycles. The normalized spacial score (nSPS) is 22.4. The number of aromatic nitrogens is 1. The van der Waals surface area contributed by atoms with Crippen LogP contribution in [-0.2, 0) is 13.0 Å². The number of nitrogens with zero attached hydrogens (tertiary/aromatic N) is 1. The molecule has 1 saturated heterocycles. The predicted molar refractivity (Wildman–Crippen MR) is 57.2 cm³/mol. The zero-order valence-corrected chi connectivity index (χ0v) is 9.03. The average Bonchev–Trinajstić information content (AvgIpc) is 2.76. The molecular weight excluding hydrogens is 202 g/mol. The van der Waals surface area contributed by atoms with E-state index in [1.807, 2.05) is 17.1 Å². The number of hydrogen-bond donors (Lipinski definition) is 1. The van der Waals surface area contributed by atoms with Gasteiger partial charge in [-0.05, 0) is 23.8 Å². The number of hydrogen-bond acceptors (Lipinski definition) is 4. The monoisotopic (exact) mass is 215 g/mol. The van der Waals surface area contributed by atoms with Gasteiger partial charge in [0.1, 0.15) is 0 Å². The first-order valence-corrected chi connectivity index (χ1v) is 6.54. The average molecular weight is 215 g/mol. The smallest absolute Gasteiger partial charge is 0.0932 e. The zero-order chi connectivity index (χ0) is 9.10. The zero-order valence-electron chi connectivity index (χ0n) is 7.40. The summed E-state index contributed by atoms with van der Waals surface area (Å²) < 4.78 is 0. The summed E-state index contributed by atoms with van der Waals surface area (Å²) in [6.45, 7) is 0.0793. The number of rotatable bonds is 3. The van der Waals surface area contributed by atoms with Crippen molar-refractivity contribution in [2.24, 2.45) is 5.92 Å². The summed E-state index contributed by atoms with van der Waals surface area (Å²) in [4.78, 5) is 4.35. The lowest BCUT2D eigenvalue weighted by Crippen LogP contribution is -2.02. The van der Waals surface area contributed by atoms with E-state index in [1.54, 1.807) is 11.3 Å². The summed E-state index contributed by atoms with van der Waals surface area (Å²) in [5.74, 6) is 3.42. The SMILES string of the molecule is OCc1csc(CC2CCSC2)n1. The fraction of sp³-hybridized carbons (Fsp3) is 0.667. The van der Waals surface area contributed by atoms with Crippen LogP contribution in [0.2, 0.25) is 0 Å². The van der Waals surface area contributed by atoms with E-state index in [0.717, 1.165) is 18.0 Å². The third-order valence-electron chi connectivity index (χ3n) is 2.25. The van der Waals surface area contributed by atoms with Crippen LogP contribution >= 0.6 is 23.1 Å². The molecule has 0 spiro atoms. The van der Waals surface area contributed by atoms with Crippen LogP contribution in [-0.4, -0.2) is 21.6 Å². The Hall–Kier alpha value is -0.0600. The molecule has 2 rings (SSSR count). The van der Waals surface area contributed by atoms with Crippen molar-refractivity contribution < 1.29 is 5.11 Å². The molecule has 0 saturated carbocycles. The van der Waals surface area contributed by atoms with Gasteiger partial charge in [-0.25, -0.2) is 4.98 Å². The number of thioether (sulfide) groups is 1. The molecule has 0 bridgehead atoms. The minimum Gasteiger partial charge on any atom is -0.390 e. The highest BCUT2D eigenvalue weighted by Gasteiger charge is 2.17. The number of thiazole rings is 1. The van der Waals surface area contributed by atoms with Crippen LogP contribution in [0.4, 0.5) is 0 Å². The van der Waals surface area contributed by atoms with E-state index in [2.05, 4.69) is 4.98 Å². The van der Waals surface area contributed by atoms with Crippen LogP contribution in [0.1, 0.15) is 17.1 Å². The molecule has 72 valence electrons. The van der Waals surface area contributed by atoms with Crippen molar-refractivity contribution in [3.8, 4) is 0 Å². The van der Waals surface area contributed by atoms with Gasteiger partial charge in [-0.1, -0.05) is 0 Å². The molecule has 1 atom stereocenters. The van der Waals surface area contributed by atoms with Gasteiger partial charge in [0.15, 0.2) is 0 Å². The molecule has 0 aliphatic carbocycles. The van der Waals surface area contributed by atoms with Crippen molar-refractivity contribution >= 4 is 23.1 Å². The Bertz CT molecular complexity index is 268. The van der Waals surface area contributed by atoms with Gasteiger partial charge < -0.3 is 5.11 Å². The summed E-state index contributed by atoms with van der Waals surface area (Å²) in [5, 5.41) is 12.0. The van der Waals surface area contributed by atoms with Crippen molar-refractivity contribution in [2.45, 2.75) is 19.4 Å². The van der Waals surface area contributed by atoms with Crippen molar-refractivity contribution in [1.29, 1.82) is 0 Å². The van der Waals surface area contributed by atoms with Crippen LogP contribution < -0.4 is 0 Å². The quantitative estimate of drug-likeness (QED) is 0.836. The Morgan fingerprint density at radius 1 is 1.62 bits per heavy atom. The highest BCUT2D eigenvalue weighted by Crippen LogP contribution is 2.27. The molecule has 1 fully saturated rings. The van der Waals surface area contributed by atoms with Gasteiger partial charge in [0.05, 0.1) is 17.3 Å². The molecule has 1 aliphatic rings. The van der Waals surface area contributed by atoms with E-state index in [9.17, 15) is 0 Å². The Morgan fingerprint density at radius 3 is 3.15 bits per heavy atom. The van der Waals surface area contributed by atoms with Gasteiger partial charge >= 0.3 is 0 Å². The first kappa shape index (κ1) is 9.49. The second kappa shape index (κ2) is 4.44. The minimum atomic E-state index is 0.0793. The van der Waals surface area contributed by atoms with Crippen LogP contribution in [0.3, 0.4) is 0 Å². The molecule has 1 aromatic heterocycles. The molecular formula is C9H13NOS2. The maximum Gasteiger partial charge on any atom is 0.0932 e. The molecule has 0 amide bonds. The fourth-order valence-electron chi connectivity index (χ4n) is 1.51. The third kappa shape index (κ3) is 2.45. The van der Waals surface area contributed by atoms with Crippen LogP contribution in [0.5, 0.6) is 0 Å². The lowest BCUT2D eigenvalue weighted by atomic mass is 10.1. The van der Waals surface area contributed by atoms with Gasteiger partial charge in [-0.15, -0.1) is 11.3 Å². The van der Waals surface area contributed by atoms with Gasteiger partial charge in [0.2, 0.25) is 0 Å². The Balaban J connectivity index is 1.92. The highest BCUT2D eigenvalue weighted by molar-refractivity contribution is 7.99. The van der Waals surface area contributed by atoms with Crippen molar-refractivity contribution in [2.75, 3.05) is 11.5 Å². The van der Waals surface area contributed by atoms with Gasteiger partial charge in [-0.2, -0.15) is 11.8 Å². The maximum atomic E-state index is 8.85. The van der Waals surface area contributed by atoms with E-state index in [-0.39, 0.29) is 6.61 Å². The summed E-state index contributed by atoms with van der Waals surface area (Å²) in [6, 6.07) is 0. The molecule has 13 heavy (non-hydrogen) atoms. The first-order chi connectivity index (χ1) is 6.38. The second-order valence-corrected chi connectivity index (χ2v) is 5.42. The van der Waals surface area contributed by atoms with Crippen LogP contribution in [0, 0.1) is 5.92 Å². The highest BCUT2D eigenvalue weighted by atomic mass is 32.2. The lowest BCUT2D eigenvalue weighted by molar-refractivity contribution is 0.277. The van der Waals surface area contributed by atoms with Crippen LogP contribution in [0.15, 0.2) is 5.38 Å². The third-order valence-corrected chi connectivity index (χ3v) is 4.40. The molecule has 0 aromatic carbocycles.